The first kappa shape index (κ1) is 26.1. The number of carbonyl (C=O) groups excluding carboxylic acids is 2. The van der Waals surface area contributed by atoms with Gasteiger partial charge in [0.05, 0.1) is 33.5 Å². The zero-order valence-electron chi connectivity index (χ0n) is 19.6. The first-order valence-corrected chi connectivity index (χ1v) is 10.7. The van der Waals surface area contributed by atoms with Crippen molar-refractivity contribution in [3.05, 3.63) is 71.3 Å². The average molecular weight is 457 g/mol. The molecule has 178 valence electrons. The molecule has 2 rings (SSSR count). The van der Waals surface area contributed by atoms with Crippen molar-refractivity contribution in [3.63, 3.8) is 0 Å². The third kappa shape index (κ3) is 9.47. The SMILES string of the molecule is COc1ccc(CO[C@H](/C=C(\C)COC(C)=O)[C@@H](CC=O)OCc2ccc(OC)cc2)cc1. The van der Waals surface area contributed by atoms with Crippen LogP contribution in [0.3, 0.4) is 0 Å². The molecule has 2 aromatic carbocycles. The highest BCUT2D eigenvalue weighted by Gasteiger charge is 2.22. The molecule has 0 aliphatic heterocycles. The fraction of sp³-hybridized carbons (Fsp3) is 0.385. The molecule has 0 N–H and O–H groups in total. The smallest absolute Gasteiger partial charge is 0.302 e. The Balaban J connectivity index is 2.14. The Morgan fingerprint density at radius 2 is 1.36 bits per heavy atom. The van der Waals surface area contributed by atoms with Crippen molar-refractivity contribution < 1.29 is 33.3 Å². The van der Waals surface area contributed by atoms with Crippen molar-refractivity contribution in [2.45, 2.75) is 45.7 Å². The second kappa shape index (κ2) is 14.1. The zero-order chi connectivity index (χ0) is 24.1. The fourth-order valence-electron chi connectivity index (χ4n) is 3.04. The third-order valence-corrected chi connectivity index (χ3v) is 4.87. The average Bonchev–Trinajstić information content (AvgIpc) is 2.83. The van der Waals surface area contributed by atoms with Gasteiger partial charge >= 0.3 is 5.97 Å². The van der Waals surface area contributed by atoms with Crippen molar-refractivity contribution >= 4 is 12.3 Å². The molecule has 0 aliphatic rings. The number of hydrogen-bond acceptors (Lipinski definition) is 7. The summed E-state index contributed by atoms with van der Waals surface area (Å²) in [4.78, 5) is 22.6. The molecule has 0 fully saturated rings. The summed E-state index contributed by atoms with van der Waals surface area (Å²) in [6.07, 6.45) is 1.77. The Bertz CT molecular complexity index is 888. The second-order valence-corrected chi connectivity index (χ2v) is 7.52. The number of aldehydes is 1. The van der Waals surface area contributed by atoms with Crippen LogP contribution >= 0.6 is 0 Å². The third-order valence-electron chi connectivity index (χ3n) is 4.87. The van der Waals surface area contributed by atoms with Gasteiger partial charge in [0.1, 0.15) is 30.5 Å². The Morgan fingerprint density at radius 1 is 0.848 bits per heavy atom. The van der Waals surface area contributed by atoms with E-state index in [1.807, 2.05) is 61.5 Å². The molecule has 0 saturated heterocycles. The molecule has 2 aromatic rings. The maximum Gasteiger partial charge on any atom is 0.302 e. The van der Waals surface area contributed by atoms with Gasteiger partial charge in [0.15, 0.2) is 0 Å². The molecule has 0 unspecified atom stereocenters. The Labute approximate surface area is 195 Å². The number of hydrogen-bond donors (Lipinski definition) is 0. The molecule has 7 nitrogen and oxygen atoms in total. The van der Waals surface area contributed by atoms with Crippen LogP contribution in [0.4, 0.5) is 0 Å². The highest BCUT2D eigenvalue weighted by atomic mass is 16.5. The predicted octanol–water partition coefficient (Wildman–Crippen LogP) is 4.27. The first-order valence-electron chi connectivity index (χ1n) is 10.7. The summed E-state index contributed by atoms with van der Waals surface area (Å²) in [7, 11) is 3.23. The van der Waals surface area contributed by atoms with E-state index in [4.69, 9.17) is 23.7 Å². The summed E-state index contributed by atoms with van der Waals surface area (Å²) in [5.41, 5.74) is 2.70. The van der Waals surface area contributed by atoms with Crippen LogP contribution in [-0.4, -0.2) is 45.3 Å². The standard InChI is InChI=1S/C26H32O7/c1-19(16-31-20(2)28)15-26(33-18-22-7-11-24(30-4)12-8-22)25(13-14-27)32-17-21-5-9-23(29-3)10-6-21/h5-12,14-15,25-26H,13,16-18H2,1-4H3/b19-15+/t25-,26-/m1/s1. The van der Waals surface area contributed by atoms with E-state index in [0.717, 1.165) is 34.5 Å². The number of ether oxygens (including phenoxy) is 5. The minimum atomic E-state index is -0.522. The summed E-state index contributed by atoms with van der Waals surface area (Å²) in [5, 5.41) is 0. The molecule has 0 bridgehead atoms. The molecule has 7 heteroatoms. The van der Waals surface area contributed by atoms with Gasteiger partial charge < -0.3 is 28.5 Å². The van der Waals surface area contributed by atoms with Crippen LogP contribution < -0.4 is 9.47 Å². The number of benzene rings is 2. The van der Waals surface area contributed by atoms with Crippen LogP contribution in [0.2, 0.25) is 0 Å². The van der Waals surface area contributed by atoms with Gasteiger partial charge in [0.2, 0.25) is 0 Å². The van der Waals surface area contributed by atoms with Gasteiger partial charge in [-0.25, -0.2) is 0 Å². The number of rotatable bonds is 14. The molecule has 0 spiro atoms. The van der Waals surface area contributed by atoms with Gasteiger partial charge in [-0.2, -0.15) is 0 Å². The van der Waals surface area contributed by atoms with Crippen molar-refractivity contribution in [2.75, 3.05) is 20.8 Å². The van der Waals surface area contributed by atoms with Crippen LogP contribution in [0.15, 0.2) is 60.2 Å². The van der Waals surface area contributed by atoms with Gasteiger partial charge in [-0.1, -0.05) is 30.3 Å². The lowest BCUT2D eigenvalue weighted by Gasteiger charge is -2.25. The van der Waals surface area contributed by atoms with Crippen molar-refractivity contribution in [1.82, 2.24) is 0 Å². The minimum absolute atomic E-state index is 0.143. The first-order chi connectivity index (χ1) is 15.9. The molecule has 0 heterocycles. The zero-order valence-corrected chi connectivity index (χ0v) is 19.6. The molecule has 0 aromatic heterocycles. The lowest BCUT2D eigenvalue weighted by molar-refractivity contribution is -0.140. The molecule has 33 heavy (non-hydrogen) atoms. The summed E-state index contributed by atoms with van der Waals surface area (Å²) >= 11 is 0. The van der Waals surface area contributed by atoms with Crippen LogP contribution in [0.25, 0.3) is 0 Å². The Morgan fingerprint density at radius 3 is 1.82 bits per heavy atom. The minimum Gasteiger partial charge on any atom is -0.497 e. The highest BCUT2D eigenvalue weighted by molar-refractivity contribution is 5.66. The number of carbonyl (C=O) groups is 2. The van der Waals surface area contributed by atoms with E-state index in [2.05, 4.69) is 0 Å². The van der Waals surface area contributed by atoms with Crippen molar-refractivity contribution in [2.24, 2.45) is 0 Å². The van der Waals surface area contributed by atoms with E-state index in [1.54, 1.807) is 14.2 Å². The van der Waals surface area contributed by atoms with Crippen molar-refractivity contribution in [1.29, 1.82) is 0 Å². The van der Waals surface area contributed by atoms with Gasteiger partial charge in [-0.05, 0) is 47.9 Å². The maximum atomic E-state index is 11.4. The molecule has 0 aliphatic carbocycles. The van der Waals surface area contributed by atoms with Gasteiger partial charge in [0, 0.05) is 13.3 Å². The van der Waals surface area contributed by atoms with Crippen LogP contribution in [0.5, 0.6) is 11.5 Å². The largest absolute Gasteiger partial charge is 0.497 e. The lowest BCUT2D eigenvalue weighted by Crippen LogP contribution is -2.31. The lowest BCUT2D eigenvalue weighted by atomic mass is 10.1. The second-order valence-electron chi connectivity index (χ2n) is 7.52. The Hall–Kier alpha value is -3.16. The molecule has 0 saturated carbocycles. The Kier molecular flexibility index (Phi) is 11.1. The monoisotopic (exact) mass is 456 g/mol. The van der Waals surface area contributed by atoms with E-state index in [9.17, 15) is 9.59 Å². The van der Waals surface area contributed by atoms with Crippen LogP contribution in [0.1, 0.15) is 31.4 Å². The molecular weight excluding hydrogens is 424 g/mol. The summed E-state index contributed by atoms with van der Waals surface area (Å²) in [6.45, 7) is 3.96. The molecule has 2 atom stereocenters. The van der Waals surface area contributed by atoms with Gasteiger partial charge in [-0.3, -0.25) is 4.79 Å². The quantitative estimate of drug-likeness (QED) is 0.239. The van der Waals surface area contributed by atoms with E-state index in [-0.39, 0.29) is 19.0 Å². The van der Waals surface area contributed by atoms with Gasteiger partial charge in [0.25, 0.3) is 0 Å². The van der Waals surface area contributed by atoms with E-state index in [1.165, 1.54) is 6.92 Å². The van der Waals surface area contributed by atoms with E-state index in [0.29, 0.717) is 13.2 Å². The van der Waals surface area contributed by atoms with E-state index >= 15 is 0 Å². The maximum absolute atomic E-state index is 11.4. The number of esters is 1. The predicted molar refractivity (Wildman–Crippen MR) is 124 cm³/mol. The van der Waals surface area contributed by atoms with Crippen LogP contribution in [0, 0.1) is 0 Å². The fourth-order valence-corrected chi connectivity index (χ4v) is 3.04. The summed E-state index contributed by atoms with van der Waals surface area (Å²) in [6, 6.07) is 15.1. The summed E-state index contributed by atoms with van der Waals surface area (Å²) < 4.78 is 27.7. The van der Waals surface area contributed by atoms with Crippen LogP contribution in [-0.2, 0) is 37.0 Å². The summed E-state index contributed by atoms with van der Waals surface area (Å²) in [5.74, 6) is 1.15. The topological polar surface area (TPSA) is 80.3 Å². The molecular formula is C26H32O7. The number of methoxy groups -OCH3 is 2. The van der Waals surface area contributed by atoms with E-state index < -0.39 is 12.2 Å². The van der Waals surface area contributed by atoms with Crippen molar-refractivity contribution in [3.8, 4) is 11.5 Å². The molecule has 0 radical (unpaired) electrons. The highest BCUT2D eigenvalue weighted by Crippen LogP contribution is 2.19. The normalized spacial score (nSPS) is 13.2. The van der Waals surface area contributed by atoms with Gasteiger partial charge in [-0.15, -0.1) is 0 Å². The molecule has 0 amide bonds.